The Balaban J connectivity index is 1.45. The number of carbonyl (C=O) groups excluding carboxylic acids is 1. The van der Waals surface area contributed by atoms with Crippen molar-refractivity contribution in [1.82, 2.24) is 9.55 Å². The summed E-state index contributed by atoms with van der Waals surface area (Å²) in [7, 11) is 0. The van der Waals surface area contributed by atoms with Crippen LogP contribution in [-0.4, -0.2) is 33.5 Å². The first-order valence-electron chi connectivity index (χ1n) is 13.0. The Kier molecular flexibility index (Phi) is 5.06. The number of pyridine rings is 2. The fraction of sp³-hybridized carbons (Fsp3) is 0.300. The summed E-state index contributed by atoms with van der Waals surface area (Å²) < 4.78 is 24.4. The maximum Gasteiger partial charge on any atom is 0.343 e. The third-order valence-corrected chi connectivity index (χ3v) is 7.65. The Hall–Kier alpha value is -4.37. The summed E-state index contributed by atoms with van der Waals surface area (Å²) in [6, 6.07) is 13.4. The molecule has 3 aliphatic rings. The lowest BCUT2D eigenvalue weighted by atomic mass is 9.86. The second kappa shape index (κ2) is 8.31. The highest BCUT2D eigenvalue weighted by Gasteiger charge is 2.45. The van der Waals surface area contributed by atoms with E-state index < -0.39 is 11.6 Å². The van der Waals surface area contributed by atoms with Crippen molar-refractivity contribution in [3.63, 3.8) is 0 Å². The van der Waals surface area contributed by atoms with E-state index in [1.165, 1.54) is 0 Å². The molecule has 3 aliphatic heterocycles. The Bertz CT molecular complexity index is 1770. The smallest absolute Gasteiger partial charge is 0.343 e. The van der Waals surface area contributed by atoms with E-state index in [2.05, 4.69) is 0 Å². The van der Waals surface area contributed by atoms with E-state index in [1.54, 1.807) is 17.6 Å². The molecule has 0 spiro atoms. The van der Waals surface area contributed by atoms with Gasteiger partial charge >= 0.3 is 5.97 Å². The summed E-state index contributed by atoms with van der Waals surface area (Å²) in [4.78, 5) is 31.0. The van der Waals surface area contributed by atoms with E-state index in [0.29, 0.717) is 46.1 Å². The molecule has 0 bridgehead atoms. The molecule has 0 radical (unpaired) electrons. The highest BCUT2D eigenvalue weighted by atomic mass is 16.7. The van der Waals surface area contributed by atoms with Crippen LogP contribution in [0.15, 0.2) is 47.3 Å². The molecule has 0 saturated heterocycles. The molecule has 0 aliphatic carbocycles. The van der Waals surface area contributed by atoms with Crippen LogP contribution in [0.4, 0.5) is 0 Å². The monoisotopic (exact) mass is 526 g/mol. The number of ether oxygens (including phenoxy) is 4. The molecule has 1 atom stereocenters. The molecule has 4 aromatic rings. The molecule has 5 heterocycles. The molecule has 39 heavy (non-hydrogen) atoms. The number of hydrogen-bond donors (Lipinski definition) is 1. The van der Waals surface area contributed by atoms with Crippen molar-refractivity contribution in [2.24, 2.45) is 0 Å². The summed E-state index contributed by atoms with van der Waals surface area (Å²) in [5.74, 6) is 1.22. The molecular formula is C30H26N2O7. The fourth-order valence-corrected chi connectivity index (χ4v) is 5.77. The second-order valence-electron chi connectivity index (χ2n) is 10.3. The Morgan fingerprint density at radius 2 is 1.97 bits per heavy atom. The minimum absolute atomic E-state index is 0.0247. The van der Waals surface area contributed by atoms with Crippen LogP contribution in [0.2, 0.25) is 0 Å². The molecule has 2 aromatic carbocycles. The molecular weight excluding hydrogens is 500 g/mol. The minimum Gasteiger partial charge on any atom is -0.491 e. The van der Waals surface area contributed by atoms with Gasteiger partial charge in [-0.25, -0.2) is 9.78 Å². The average Bonchev–Trinajstić information content (AvgIpc) is 3.52. The third-order valence-electron chi connectivity index (χ3n) is 7.65. The van der Waals surface area contributed by atoms with Crippen molar-refractivity contribution in [3.05, 3.63) is 69.5 Å². The number of cyclic esters (lactones) is 1. The first-order chi connectivity index (χ1) is 18.8. The first-order valence-corrected chi connectivity index (χ1v) is 13.0. The van der Waals surface area contributed by atoms with Gasteiger partial charge in [0.05, 0.1) is 35.1 Å². The highest BCUT2D eigenvalue weighted by molar-refractivity contribution is 6.02. The van der Waals surface area contributed by atoms with E-state index in [0.717, 1.165) is 27.8 Å². The molecule has 9 nitrogen and oxygen atoms in total. The number of aromatic nitrogens is 2. The molecule has 1 N–H and O–H groups in total. The lowest BCUT2D eigenvalue weighted by molar-refractivity contribution is -0.172. The topological polar surface area (TPSA) is 109 Å². The van der Waals surface area contributed by atoms with Crippen molar-refractivity contribution < 1.29 is 28.8 Å². The predicted molar refractivity (Wildman–Crippen MR) is 142 cm³/mol. The molecule has 198 valence electrons. The normalized spacial score (nSPS) is 18.6. The van der Waals surface area contributed by atoms with Crippen LogP contribution in [0.3, 0.4) is 0 Å². The Morgan fingerprint density at radius 3 is 2.77 bits per heavy atom. The van der Waals surface area contributed by atoms with Gasteiger partial charge in [-0.15, -0.1) is 0 Å². The number of hydrogen-bond acceptors (Lipinski definition) is 8. The standard InChI is InChI=1S/C30H26N2O7/c1-4-30(35)21-10-23-26-17(12-32(23)28(33)20(21)13-36-29(30)34)9-19-22(31-26)11-24-27(38-14-37-24)25(19)16-6-5-7-18(8-16)39-15(2)3/h5-11,15,35H,4,12-14H2,1-3H3/t30-/m0/s1. The van der Waals surface area contributed by atoms with Crippen molar-refractivity contribution in [2.75, 3.05) is 6.79 Å². The summed E-state index contributed by atoms with van der Waals surface area (Å²) in [6.07, 6.45) is 0.114. The number of carbonyl (C=O) groups is 1. The van der Waals surface area contributed by atoms with Crippen LogP contribution in [0, 0.1) is 0 Å². The minimum atomic E-state index is -1.87. The molecule has 0 amide bonds. The van der Waals surface area contributed by atoms with Crippen LogP contribution in [0.25, 0.3) is 33.4 Å². The summed E-state index contributed by atoms with van der Waals surface area (Å²) in [5, 5.41) is 12.0. The van der Waals surface area contributed by atoms with E-state index >= 15 is 0 Å². The fourth-order valence-electron chi connectivity index (χ4n) is 5.77. The van der Waals surface area contributed by atoms with Crippen molar-refractivity contribution in [3.8, 4) is 39.8 Å². The third kappa shape index (κ3) is 3.39. The predicted octanol–water partition coefficient (Wildman–Crippen LogP) is 4.26. The van der Waals surface area contributed by atoms with Gasteiger partial charge < -0.3 is 28.6 Å². The summed E-state index contributed by atoms with van der Waals surface area (Å²) in [6.45, 7) is 5.90. The zero-order chi connectivity index (χ0) is 27.1. The van der Waals surface area contributed by atoms with Gasteiger partial charge in [-0.1, -0.05) is 19.1 Å². The molecule has 0 saturated carbocycles. The quantitative estimate of drug-likeness (QED) is 0.346. The zero-order valence-corrected chi connectivity index (χ0v) is 21.7. The van der Waals surface area contributed by atoms with Crippen LogP contribution >= 0.6 is 0 Å². The van der Waals surface area contributed by atoms with Crippen LogP contribution in [-0.2, 0) is 28.3 Å². The highest BCUT2D eigenvalue weighted by Crippen LogP contribution is 2.48. The number of rotatable bonds is 4. The van der Waals surface area contributed by atoms with Crippen LogP contribution in [0.1, 0.15) is 43.9 Å². The number of benzene rings is 2. The SMILES string of the molecule is CC[C@@]1(O)C(=O)OCc2c1cc1n(c2=O)Cc2cc3c(-c4cccc(OC(C)C)c4)c4c(cc3nc2-1)OCO4. The summed E-state index contributed by atoms with van der Waals surface area (Å²) >= 11 is 0. The van der Waals surface area contributed by atoms with Gasteiger partial charge in [0.2, 0.25) is 6.79 Å². The maximum atomic E-state index is 13.5. The number of esters is 1. The lowest BCUT2D eigenvalue weighted by Crippen LogP contribution is -2.44. The van der Waals surface area contributed by atoms with Crippen molar-refractivity contribution in [2.45, 2.75) is 52.0 Å². The van der Waals surface area contributed by atoms with Crippen LogP contribution < -0.4 is 19.8 Å². The first kappa shape index (κ1) is 23.7. The molecule has 0 unspecified atom stereocenters. The molecule has 9 heteroatoms. The van der Waals surface area contributed by atoms with Gasteiger partial charge in [0.15, 0.2) is 17.1 Å². The Morgan fingerprint density at radius 1 is 1.13 bits per heavy atom. The van der Waals surface area contributed by atoms with Crippen LogP contribution in [0.5, 0.6) is 17.2 Å². The van der Waals surface area contributed by atoms with E-state index in [1.807, 2.05) is 50.2 Å². The van der Waals surface area contributed by atoms with Gasteiger partial charge in [0.25, 0.3) is 5.56 Å². The number of fused-ring (bicyclic) bond motifs is 6. The van der Waals surface area contributed by atoms with E-state index in [9.17, 15) is 14.7 Å². The van der Waals surface area contributed by atoms with Gasteiger partial charge in [0.1, 0.15) is 12.4 Å². The number of nitrogens with zero attached hydrogens (tertiary/aromatic N) is 2. The second-order valence-corrected chi connectivity index (χ2v) is 10.3. The summed E-state index contributed by atoms with van der Waals surface area (Å²) in [5.41, 5.74) is 2.87. The lowest BCUT2D eigenvalue weighted by Gasteiger charge is -2.31. The van der Waals surface area contributed by atoms with E-state index in [4.69, 9.17) is 23.9 Å². The molecule has 0 fully saturated rings. The molecule has 2 aromatic heterocycles. The average molecular weight is 527 g/mol. The largest absolute Gasteiger partial charge is 0.491 e. The van der Waals surface area contributed by atoms with Gasteiger partial charge in [-0.2, -0.15) is 0 Å². The zero-order valence-electron chi connectivity index (χ0n) is 21.7. The molecule has 7 rings (SSSR count). The van der Waals surface area contributed by atoms with Gasteiger partial charge in [0, 0.05) is 28.1 Å². The van der Waals surface area contributed by atoms with Crippen molar-refractivity contribution >= 4 is 16.9 Å². The van der Waals surface area contributed by atoms with Gasteiger partial charge in [-0.3, -0.25) is 4.79 Å². The van der Waals surface area contributed by atoms with Crippen molar-refractivity contribution in [1.29, 1.82) is 0 Å². The Labute approximate surface area is 223 Å². The van der Waals surface area contributed by atoms with E-state index in [-0.39, 0.29) is 31.5 Å². The number of aliphatic hydroxyl groups is 1. The van der Waals surface area contributed by atoms with Gasteiger partial charge in [-0.05, 0) is 50.1 Å². The maximum absolute atomic E-state index is 13.5.